The molecule has 1 amide bonds. The van der Waals surface area contributed by atoms with Crippen molar-refractivity contribution in [3.05, 3.63) is 58.1 Å². The zero-order valence-corrected chi connectivity index (χ0v) is 16.1. The van der Waals surface area contributed by atoms with E-state index in [1.165, 1.54) is 0 Å². The molecule has 0 atom stereocenters. The Bertz CT molecular complexity index is 982. The van der Waals surface area contributed by atoms with Gasteiger partial charge in [0.15, 0.2) is 0 Å². The van der Waals surface area contributed by atoms with Gasteiger partial charge in [-0.15, -0.1) is 11.3 Å². The summed E-state index contributed by atoms with van der Waals surface area (Å²) < 4.78 is 5.18. The molecule has 0 spiro atoms. The average molecular weight is 380 g/mol. The second kappa shape index (κ2) is 7.44. The molecular weight excluding hydrogens is 360 g/mol. The van der Waals surface area contributed by atoms with E-state index in [1.54, 1.807) is 18.4 Å². The molecular formula is C20H20N4O2S. The molecule has 4 rings (SSSR count). The fourth-order valence-corrected chi connectivity index (χ4v) is 4.08. The van der Waals surface area contributed by atoms with Gasteiger partial charge in [0.1, 0.15) is 22.3 Å². The average Bonchev–Trinajstić information content (AvgIpc) is 3.34. The molecule has 3 aromatic rings. The number of carbonyl (C=O) groups excluding carboxylic acids is 1. The van der Waals surface area contributed by atoms with Gasteiger partial charge in [-0.2, -0.15) is 0 Å². The van der Waals surface area contributed by atoms with Gasteiger partial charge in [-0.1, -0.05) is 0 Å². The normalized spacial score (nSPS) is 12.7. The maximum absolute atomic E-state index is 12.6. The quantitative estimate of drug-likeness (QED) is 0.735. The van der Waals surface area contributed by atoms with Gasteiger partial charge in [-0.25, -0.2) is 15.0 Å². The SMILES string of the molecule is COc1ccc(-c2nc(CNC(=O)c3nc(C)nc4c3CCC4)cs2)cc1. The molecule has 0 aliphatic heterocycles. The van der Waals surface area contributed by atoms with Crippen LogP contribution < -0.4 is 10.1 Å². The number of benzene rings is 1. The third-order valence-electron chi connectivity index (χ3n) is 4.58. The summed E-state index contributed by atoms with van der Waals surface area (Å²) in [7, 11) is 1.65. The first kappa shape index (κ1) is 17.6. The van der Waals surface area contributed by atoms with Crippen molar-refractivity contribution in [1.29, 1.82) is 0 Å². The minimum atomic E-state index is -0.155. The van der Waals surface area contributed by atoms with Gasteiger partial charge in [0, 0.05) is 22.2 Å². The highest BCUT2D eigenvalue weighted by Crippen LogP contribution is 2.26. The highest BCUT2D eigenvalue weighted by Gasteiger charge is 2.22. The number of carbonyl (C=O) groups is 1. The molecule has 6 nitrogen and oxygen atoms in total. The molecule has 1 aliphatic carbocycles. The van der Waals surface area contributed by atoms with Crippen LogP contribution in [0.5, 0.6) is 5.75 Å². The van der Waals surface area contributed by atoms with Gasteiger partial charge in [-0.3, -0.25) is 4.79 Å². The van der Waals surface area contributed by atoms with Crippen molar-refractivity contribution in [2.75, 3.05) is 7.11 Å². The molecule has 1 N–H and O–H groups in total. The summed E-state index contributed by atoms with van der Waals surface area (Å²) >= 11 is 1.56. The highest BCUT2D eigenvalue weighted by atomic mass is 32.1. The highest BCUT2D eigenvalue weighted by molar-refractivity contribution is 7.13. The number of hydrogen-bond acceptors (Lipinski definition) is 6. The van der Waals surface area contributed by atoms with Crippen LogP contribution in [0.25, 0.3) is 10.6 Å². The molecule has 2 aromatic heterocycles. The Morgan fingerprint density at radius 3 is 2.78 bits per heavy atom. The van der Waals surface area contributed by atoms with Crippen molar-refractivity contribution in [1.82, 2.24) is 20.3 Å². The Kier molecular flexibility index (Phi) is 4.85. The van der Waals surface area contributed by atoms with E-state index in [9.17, 15) is 4.79 Å². The van der Waals surface area contributed by atoms with Crippen molar-refractivity contribution in [2.45, 2.75) is 32.7 Å². The number of nitrogens with one attached hydrogen (secondary N) is 1. The predicted octanol–water partition coefficient (Wildman–Crippen LogP) is 3.34. The first-order valence-electron chi connectivity index (χ1n) is 8.87. The van der Waals surface area contributed by atoms with Gasteiger partial charge in [0.05, 0.1) is 19.3 Å². The minimum Gasteiger partial charge on any atom is -0.497 e. The van der Waals surface area contributed by atoms with Gasteiger partial charge < -0.3 is 10.1 Å². The Labute approximate surface area is 161 Å². The molecule has 0 radical (unpaired) electrons. The molecule has 1 aliphatic rings. The molecule has 0 saturated carbocycles. The van der Waals surface area contributed by atoms with E-state index < -0.39 is 0 Å². The number of aromatic nitrogens is 3. The number of hydrogen-bond donors (Lipinski definition) is 1. The fourth-order valence-electron chi connectivity index (χ4n) is 3.25. The van der Waals surface area contributed by atoms with Gasteiger partial charge in [0.2, 0.25) is 0 Å². The molecule has 0 unspecified atom stereocenters. The molecule has 0 fully saturated rings. The van der Waals surface area contributed by atoms with Crippen molar-refractivity contribution >= 4 is 17.2 Å². The smallest absolute Gasteiger partial charge is 0.270 e. The van der Waals surface area contributed by atoms with Crippen molar-refractivity contribution in [3.8, 4) is 16.3 Å². The third kappa shape index (κ3) is 3.68. The van der Waals surface area contributed by atoms with Crippen LogP contribution >= 0.6 is 11.3 Å². The zero-order chi connectivity index (χ0) is 18.8. The summed E-state index contributed by atoms with van der Waals surface area (Å²) in [5, 5.41) is 5.84. The third-order valence-corrected chi connectivity index (χ3v) is 5.52. The largest absolute Gasteiger partial charge is 0.497 e. The lowest BCUT2D eigenvalue weighted by Crippen LogP contribution is -2.26. The number of ether oxygens (including phenoxy) is 1. The number of aryl methyl sites for hydroxylation is 2. The molecule has 138 valence electrons. The summed E-state index contributed by atoms with van der Waals surface area (Å²) in [6.45, 7) is 2.21. The number of amides is 1. The van der Waals surface area contributed by atoms with E-state index in [0.717, 1.165) is 52.5 Å². The number of nitrogens with zero attached hydrogens (tertiary/aromatic N) is 3. The zero-order valence-electron chi connectivity index (χ0n) is 15.3. The first-order valence-corrected chi connectivity index (χ1v) is 9.75. The number of thiazole rings is 1. The lowest BCUT2D eigenvalue weighted by molar-refractivity contribution is 0.0944. The standard InChI is InChI=1S/C20H20N4O2S/c1-12-22-17-5-3-4-16(17)18(23-12)19(25)21-10-14-11-27-20(24-14)13-6-8-15(26-2)9-7-13/h6-9,11H,3-5,10H2,1-2H3,(H,21,25). The van der Waals surface area contributed by atoms with Crippen LogP contribution in [0.15, 0.2) is 29.6 Å². The second-order valence-electron chi connectivity index (χ2n) is 6.45. The lowest BCUT2D eigenvalue weighted by atomic mass is 10.1. The van der Waals surface area contributed by atoms with Crippen LogP contribution in [0, 0.1) is 6.92 Å². The Hall–Kier alpha value is -2.80. The van der Waals surface area contributed by atoms with Crippen molar-refractivity contribution < 1.29 is 9.53 Å². The van der Waals surface area contributed by atoms with Crippen LogP contribution in [0.3, 0.4) is 0 Å². The summed E-state index contributed by atoms with van der Waals surface area (Å²) in [6, 6.07) is 7.78. The van der Waals surface area contributed by atoms with Gasteiger partial charge in [-0.05, 0) is 50.5 Å². The molecule has 1 aromatic carbocycles. The van der Waals surface area contributed by atoms with Crippen LogP contribution in [0.2, 0.25) is 0 Å². The summed E-state index contributed by atoms with van der Waals surface area (Å²) in [5.41, 5.74) is 4.39. The maximum Gasteiger partial charge on any atom is 0.270 e. The van der Waals surface area contributed by atoms with Crippen LogP contribution in [0.4, 0.5) is 0 Å². The number of rotatable bonds is 5. The predicted molar refractivity (Wildman–Crippen MR) is 104 cm³/mol. The molecule has 7 heteroatoms. The number of methoxy groups -OCH3 is 1. The van der Waals surface area contributed by atoms with Crippen LogP contribution in [-0.4, -0.2) is 28.0 Å². The Balaban J connectivity index is 1.45. The van der Waals surface area contributed by atoms with Crippen molar-refractivity contribution in [3.63, 3.8) is 0 Å². The van der Waals surface area contributed by atoms with E-state index in [0.29, 0.717) is 18.1 Å². The summed E-state index contributed by atoms with van der Waals surface area (Å²) in [5.74, 6) is 1.31. The fraction of sp³-hybridized carbons (Fsp3) is 0.300. The van der Waals surface area contributed by atoms with Gasteiger partial charge in [0.25, 0.3) is 5.91 Å². The summed E-state index contributed by atoms with van der Waals surface area (Å²) in [6.07, 6.45) is 2.83. The van der Waals surface area contributed by atoms with E-state index in [4.69, 9.17) is 4.74 Å². The van der Waals surface area contributed by atoms with Crippen molar-refractivity contribution in [2.24, 2.45) is 0 Å². The molecule has 27 heavy (non-hydrogen) atoms. The monoisotopic (exact) mass is 380 g/mol. The molecule has 2 heterocycles. The molecule has 0 saturated heterocycles. The molecule has 0 bridgehead atoms. The van der Waals surface area contributed by atoms with Crippen LogP contribution in [-0.2, 0) is 19.4 Å². The van der Waals surface area contributed by atoms with Gasteiger partial charge >= 0.3 is 0 Å². The van der Waals surface area contributed by atoms with E-state index in [2.05, 4.69) is 20.3 Å². The minimum absolute atomic E-state index is 0.155. The summed E-state index contributed by atoms with van der Waals surface area (Å²) in [4.78, 5) is 26.1. The first-order chi connectivity index (χ1) is 13.1. The number of fused-ring (bicyclic) bond motifs is 1. The topological polar surface area (TPSA) is 77.0 Å². The second-order valence-corrected chi connectivity index (χ2v) is 7.31. The van der Waals surface area contributed by atoms with E-state index in [1.807, 2.05) is 36.6 Å². The van der Waals surface area contributed by atoms with E-state index in [-0.39, 0.29) is 5.91 Å². The van der Waals surface area contributed by atoms with E-state index >= 15 is 0 Å². The lowest BCUT2D eigenvalue weighted by Gasteiger charge is -2.08. The van der Waals surface area contributed by atoms with Crippen LogP contribution in [0.1, 0.15) is 39.7 Å². The Morgan fingerprint density at radius 1 is 1.19 bits per heavy atom. The maximum atomic E-state index is 12.6. The Morgan fingerprint density at radius 2 is 2.00 bits per heavy atom.